The van der Waals surface area contributed by atoms with Crippen LogP contribution < -0.4 is 5.32 Å². The Morgan fingerprint density at radius 3 is 2.77 bits per heavy atom. The zero-order valence-corrected chi connectivity index (χ0v) is 16.1. The molecule has 1 aromatic carbocycles. The van der Waals surface area contributed by atoms with E-state index < -0.39 is 0 Å². The smallest absolute Gasteiger partial charge is 0.160 e. The Bertz CT molecular complexity index is 860. The van der Waals surface area contributed by atoms with Crippen LogP contribution in [-0.4, -0.2) is 41.8 Å². The maximum atomic E-state index is 12.4. The number of hydrogen-bond donors (Lipinski definition) is 1. The number of nitrogens with one attached hydrogen (secondary N) is 1. The van der Waals surface area contributed by atoms with Crippen molar-refractivity contribution >= 4 is 41.4 Å². The summed E-state index contributed by atoms with van der Waals surface area (Å²) >= 11 is 6.27. The summed E-state index contributed by atoms with van der Waals surface area (Å²) < 4.78 is 0. The van der Waals surface area contributed by atoms with Gasteiger partial charge in [0.2, 0.25) is 0 Å². The van der Waals surface area contributed by atoms with Gasteiger partial charge in [0.05, 0.1) is 11.7 Å². The maximum absolute atomic E-state index is 12.4. The van der Waals surface area contributed by atoms with Gasteiger partial charge in [0.15, 0.2) is 5.78 Å². The lowest BCUT2D eigenvalue weighted by Gasteiger charge is -2.35. The van der Waals surface area contributed by atoms with Gasteiger partial charge >= 0.3 is 0 Å². The summed E-state index contributed by atoms with van der Waals surface area (Å²) in [5.74, 6) is 0.0410. The van der Waals surface area contributed by atoms with Crippen LogP contribution in [0.4, 0.5) is 0 Å². The van der Waals surface area contributed by atoms with Crippen molar-refractivity contribution in [3.05, 3.63) is 63.9 Å². The minimum Gasteiger partial charge on any atom is -0.314 e. The Kier molecular flexibility index (Phi) is 5.78. The van der Waals surface area contributed by atoms with Crippen molar-refractivity contribution < 1.29 is 4.79 Å². The third-order valence-corrected chi connectivity index (χ3v) is 5.16. The first-order valence-corrected chi connectivity index (χ1v) is 8.95. The lowest BCUT2D eigenvalue weighted by Crippen LogP contribution is -2.45. The first kappa shape index (κ1) is 19.1. The maximum Gasteiger partial charge on any atom is 0.160 e. The van der Waals surface area contributed by atoms with E-state index in [-0.39, 0.29) is 24.2 Å². The molecule has 1 aliphatic carbocycles. The summed E-state index contributed by atoms with van der Waals surface area (Å²) in [6, 6.07) is 9.84. The van der Waals surface area contributed by atoms with E-state index in [4.69, 9.17) is 16.6 Å². The van der Waals surface area contributed by atoms with Crippen molar-refractivity contribution in [3.8, 4) is 0 Å². The Balaban J connectivity index is 0.00000196. The molecule has 2 aromatic rings. The van der Waals surface area contributed by atoms with Gasteiger partial charge < -0.3 is 5.32 Å². The molecule has 0 saturated carbocycles. The Labute approximate surface area is 164 Å². The zero-order valence-electron chi connectivity index (χ0n) is 14.5. The number of aromatic nitrogens is 1. The topological polar surface area (TPSA) is 45.2 Å². The molecule has 1 aliphatic heterocycles. The number of hydrogen-bond acceptors (Lipinski definition) is 4. The van der Waals surface area contributed by atoms with Gasteiger partial charge in [-0.25, -0.2) is 0 Å². The van der Waals surface area contributed by atoms with Crippen LogP contribution in [0.1, 0.15) is 35.3 Å². The number of fused-ring (bicyclic) bond motifs is 2. The molecule has 0 radical (unpaired) electrons. The van der Waals surface area contributed by atoms with E-state index in [9.17, 15) is 4.79 Å². The summed E-state index contributed by atoms with van der Waals surface area (Å²) in [6.07, 6.45) is 3.79. The highest BCUT2D eigenvalue weighted by Gasteiger charge is 2.32. The van der Waals surface area contributed by atoms with E-state index in [1.165, 1.54) is 0 Å². The van der Waals surface area contributed by atoms with Gasteiger partial charge in [0, 0.05) is 43.0 Å². The van der Waals surface area contributed by atoms with Gasteiger partial charge in [0.1, 0.15) is 0 Å². The standard InChI is InChI=1S/C20H20ClN3O.ClH/c1-13(25)17-11-14-3-2-6-23-19(14)20(24-9-7-22-8-10-24)16-5-4-15(21)12-18(16)17;/h2-6,11-12,20,22H,7-10H2,1H3;1H. The van der Waals surface area contributed by atoms with E-state index in [1.807, 2.05) is 42.6 Å². The van der Waals surface area contributed by atoms with E-state index in [1.54, 1.807) is 6.92 Å². The molecule has 0 spiro atoms. The van der Waals surface area contributed by atoms with Gasteiger partial charge in [-0.15, -0.1) is 12.4 Å². The van der Waals surface area contributed by atoms with E-state index in [0.29, 0.717) is 10.6 Å². The molecule has 0 amide bonds. The zero-order chi connectivity index (χ0) is 17.4. The number of pyridine rings is 1. The highest BCUT2D eigenvalue weighted by Crippen LogP contribution is 2.40. The number of halogens is 2. The van der Waals surface area contributed by atoms with E-state index >= 15 is 0 Å². The number of carbonyl (C=O) groups excluding carboxylic acids is 1. The highest BCUT2D eigenvalue weighted by molar-refractivity contribution is 6.31. The number of piperazine rings is 1. The van der Waals surface area contributed by atoms with Crippen LogP contribution in [0.2, 0.25) is 5.02 Å². The second-order valence-corrected chi connectivity index (χ2v) is 6.95. The van der Waals surface area contributed by atoms with Crippen molar-refractivity contribution in [3.63, 3.8) is 0 Å². The van der Waals surface area contributed by atoms with Gasteiger partial charge in [-0.3, -0.25) is 14.7 Å². The molecule has 4 nitrogen and oxygen atoms in total. The van der Waals surface area contributed by atoms with Crippen LogP contribution in [0.25, 0.3) is 11.6 Å². The number of Topliss-reactive ketones (excluding diaryl/α,β-unsaturated/α-hetero) is 1. The molecule has 0 bridgehead atoms. The Morgan fingerprint density at radius 1 is 1.27 bits per heavy atom. The van der Waals surface area contributed by atoms with Gasteiger partial charge in [-0.1, -0.05) is 23.7 Å². The quantitative estimate of drug-likeness (QED) is 0.851. The number of allylic oxidation sites excluding steroid dienone is 1. The van der Waals surface area contributed by atoms with Crippen LogP contribution in [0.5, 0.6) is 0 Å². The molecule has 136 valence electrons. The molecule has 2 aliphatic rings. The summed E-state index contributed by atoms with van der Waals surface area (Å²) in [6.45, 7) is 5.40. The highest BCUT2D eigenvalue weighted by atomic mass is 35.5. The fourth-order valence-corrected chi connectivity index (χ4v) is 3.93. The lowest BCUT2D eigenvalue weighted by atomic mass is 9.92. The van der Waals surface area contributed by atoms with Crippen LogP contribution in [0, 0.1) is 0 Å². The minimum atomic E-state index is 0. The average Bonchev–Trinajstić information content (AvgIpc) is 2.77. The van der Waals surface area contributed by atoms with Crippen molar-refractivity contribution in [1.82, 2.24) is 15.2 Å². The SMILES string of the molecule is CC(=O)C1=Cc2cccnc2C(N2CCNCC2)c2ccc(Cl)cc21.Cl. The summed E-state index contributed by atoms with van der Waals surface area (Å²) in [5, 5.41) is 4.05. The lowest BCUT2D eigenvalue weighted by molar-refractivity contribution is -0.111. The van der Waals surface area contributed by atoms with Crippen LogP contribution >= 0.6 is 24.0 Å². The van der Waals surface area contributed by atoms with Crippen LogP contribution in [0.15, 0.2) is 36.5 Å². The van der Waals surface area contributed by atoms with E-state index in [2.05, 4.69) is 10.2 Å². The van der Waals surface area contributed by atoms with Crippen molar-refractivity contribution in [2.75, 3.05) is 26.2 Å². The van der Waals surface area contributed by atoms with Crippen molar-refractivity contribution in [1.29, 1.82) is 0 Å². The monoisotopic (exact) mass is 389 g/mol. The summed E-state index contributed by atoms with van der Waals surface area (Å²) in [4.78, 5) is 19.5. The fraction of sp³-hybridized carbons (Fsp3) is 0.300. The van der Waals surface area contributed by atoms with E-state index in [0.717, 1.165) is 48.6 Å². The molecular weight excluding hydrogens is 369 g/mol. The number of rotatable bonds is 2. The van der Waals surface area contributed by atoms with Gasteiger partial charge in [0.25, 0.3) is 0 Å². The van der Waals surface area contributed by atoms with Crippen LogP contribution in [-0.2, 0) is 4.79 Å². The normalized spacial score (nSPS) is 19.5. The molecule has 1 aromatic heterocycles. The average molecular weight is 390 g/mol. The Morgan fingerprint density at radius 2 is 2.04 bits per heavy atom. The van der Waals surface area contributed by atoms with Crippen molar-refractivity contribution in [2.45, 2.75) is 13.0 Å². The van der Waals surface area contributed by atoms with Crippen molar-refractivity contribution in [2.24, 2.45) is 0 Å². The largest absolute Gasteiger partial charge is 0.314 e. The van der Waals surface area contributed by atoms with Gasteiger partial charge in [-0.05, 0) is 47.9 Å². The predicted molar refractivity (Wildman–Crippen MR) is 108 cm³/mol. The summed E-state index contributed by atoms with van der Waals surface area (Å²) in [7, 11) is 0. The second kappa shape index (κ2) is 7.89. The predicted octanol–water partition coefficient (Wildman–Crippen LogP) is 3.59. The number of carbonyl (C=O) groups is 1. The fourth-order valence-electron chi connectivity index (χ4n) is 3.76. The molecule has 1 unspecified atom stereocenters. The number of nitrogens with zero attached hydrogens (tertiary/aromatic N) is 2. The molecule has 2 heterocycles. The third kappa shape index (κ3) is 3.42. The molecule has 1 atom stereocenters. The molecular formula is C20H21Cl2N3O. The molecule has 1 N–H and O–H groups in total. The summed E-state index contributed by atoms with van der Waals surface area (Å²) in [5.41, 5.74) is 4.73. The van der Waals surface area contributed by atoms with Gasteiger partial charge in [-0.2, -0.15) is 0 Å². The molecule has 4 rings (SSSR count). The third-order valence-electron chi connectivity index (χ3n) is 4.93. The molecule has 1 fully saturated rings. The van der Waals surface area contributed by atoms with Crippen LogP contribution in [0.3, 0.4) is 0 Å². The Hall–Kier alpha value is -1.72. The number of benzene rings is 1. The first-order chi connectivity index (χ1) is 12.1. The first-order valence-electron chi connectivity index (χ1n) is 8.57. The second-order valence-electron chi connectivity index (χ2n) is 6.51. The molecule has 6 heteroatoms. The number of ketones is 1. The minimum absolute atomic E-state index is 0. The molecule has 1 saturated heterocycles. The molecule has 26 heavy (non-hydrogen) atoms.